The molecule has 0 aliphatic rings. The van der Waals surface area contributed by atoms with Gasteiger partial charge in [0.05, 0.1) is 0 Å². The second-order valence-electron chi connectivity index (χ2n) is 3.02. The van der Waals surface area contributed by atoms with Crippen molar-refractivity contribution in [2.45, 2.75) is 53.1 Å². The monoisotopic (exact) mass is 162 g/mol. The van der Waals surface area contributed by atoms with E-state index in [1.54, 1.807) is 0 Å². The molecule has 0 aromatic carbocycles. The summed E-state index contributed by atoms with van der Waals surface area (Å²) >= 11 is 0. The van der Waals surface area contributed by atoms with E-state index in [0.29, 0.717) is 0 Å². The lowest BCUT2D eigenvalue weighted by molar-refractivity contribution is 0.593. The van der Waals surface area contributed by atoms with E-state index in [1.807, 2.05) is 0 Å². The first-order valence-electron chi connectivity index (χ1n) is 4.35. The molecular weight excluding hydrogens is 139 g/mol. The van der Waals surface area contributed by atoms with E-state index in [0.717, 1.165) is 11.6 Å². The quantitative estimate of drug-likeness (QED) is 0.543. The minimum Gasteiger partial charge on any atom is -0.134 e. The van der Waals surface area contributed by atoms with E-state index in [4.69, 9.17) is 0 Å². The Hall–Kier alpha value is 0.430. The average molecular weight is 162 g/mol. The highest BCUT2D eigenvalue weighted by Gasteiger charge is 2.01. The molecule has 1 heteroatoms. The molecular formula is C9H23P. The zero-order chi connectivity index (χ0) is 8.57. The van der Waals surface area contributed by atoms with Crippen molar-refractivity contribution in [3.05, 3.63) is 0 Å². The average Bonchev–Trinajstić information content (AvgIpc) is 1.88. The van der Waals surface area contributed by atoms with Crippen LogP contribution >= 0.6 is 9.24 Å². The van der Waals surface area contributed by atoms with Crippen molar-refractivity contribution in [1.82, 2.24) is 0 Å². The van der Waals surface area contributed by atoms with Crippen molar-refractivity contribution in [3.8, 4) is 0 Å². The smallest absolute Gasteiger partial charge is 0.0244 e. The third-order valence-corrected chi connectivity index (χ3v) is 2.57. The van der Waals surface area contributed by atoms with Crippen LogP contribution in [-0.2, 0) is 0 Å². The molecule has 0 aliphatic heterocycles. The van der Waals surface area contributed by atoms with Gasteiger partial charge in [-0.25, -0.2) is 0 Å². The molecule has 0 aromatic rings. The van der Waals surface area contributed by atoms with Crippen LogP contribution in [0.15, 0.2) is 0 Å². The largest absolute Gasteiger partial charge is 0.134 e. The van der Waals surface area contributed by atoms with Crippen LogP contribution in [0.2, 0.25) is 0 Å². The molecule has 0 nitrogen and oxygen atoms in total. The number of hydrogen-bond donors (Lipinski definition) is 0. The normalized spacial score (nSPS) is 12.3. The maximum Gasteiger partial charge on any atom is -0.0244 e. The Balaban J connectivity index is 0. The summed E-state index contributed by atoms with van der Waals surface area (Å²) in [7, 11) is 2.85. The molecule has 2 unspecified atom stereocenters. The lowest BCUT2D eigenvalue weighted by Crippen LogP contribution is -2.03. The highest BCUT2D eigenvalue weighted by atomic mass is 31.0. The Morgan fingerprint density at radius 3 is 1.40 bits per heavy atom. The molecule has 64 valence electrons. The summed E-state index contributed by atoms with van der Waals surface area (Å²) in [5, 5.41) is 0. The van der Waals surface area contributed by atoms with Gasteiger partial charge in [0.1, 0.15) is 0 Å². The summed E-state index contributed by atoms with van der Waals surface area (Å²) in [6.07, 6.45) is 2.53. The molecule has 0 amide bonds. The second kappa shape index (κ2) is 9.43. The minimum atomic E-state index is 0.819. The van der Waals surface area contributed by atoms with Gasteiger partial charge in [0.25, 0.3) is 0 Å². The fourth-order valence-electron chi connectivity index (χ4n) is 0.471. The summed E-state index contributed by atoms with van der Waals surface area (Å²) in [5.74, 6) is 0.829. The first-order chi connectivity index (χ1) is 4.59. The van der Waals surface area contributed by atoms with Crippen LogP contribution in [0.1, 0.15) is 47.5 Å². The Morgan fingerprint density at radius 1 is 1.10 bits per heavy atom. The third-order valence-electron chi connectivity index (χ3n) is 1.33. The minimum absolute atomic E-state index is 0.819. The van der Waals surface area contributed by atoms with Crippen LogP contribution in [-0.4, -0.2) is 5.66 Å². The van der Waals surface area contributed by atoms with Gasteiger partial charge in [-0.2, -0.15) is 0 Å². The zero-order valence-electron chi connectivity index (χ0n) is 8.15. The summed E-state index contributed by atoms with van der Waals surface area (Å²) in [4.78, 5) is 0. The van der Waals surface area contributed by atoms with Gasteiger partial charge in [0.15, 0.2) is 0 Å². The SMILES string of the molecule is CCC.CCC(P)C(C)C. The molecule has 0 aliphatic carbocycles. The van der Waals surface area contributed by atoms with E-state index < -0.39 is 0 Å². The van der Waals surface area contributed by atoms with Crippen molar-refractivity contribution in [1.29, 1.82) is 0 Å². The van der Waals surface area contributed by atoms with Gasteiger partial charge in [0, 0.05) is 0 Å². The maximum absolute atomic E-state index is 2.85. The van der Waals surface area contributed by atoms with Gasteiger partial charge in [-0.05, 0) is 18.0 Å². The molecule has 0 spiro atoms. The van der Waals surface area contributed by atoms with Gasteiger partial charge in [-0.3, -0.25) is 0 Å². The maximum atomic E-state index is 2.85. The fourth-order valence-corrected chi connectivity index (χ4v) is 0.471. The Kier molecular flexibility index (Phi) is 12.3. The Bertz CT molecular complexity index is 50.7. The molecule has 0 heterocycles. The van der Waals surface area contributed by atoms with Gasteiger partial charge in [-0.15, -0.1) is 9.24 Å². The van der Waals surface area contributed by atoms with Gasteiger partial charge in [-0.1, -0.05) is 41.0 Å². The highest BCUT2D eigenvalue weighted by molar-refractivity contribution is 7.17. The molecule has 0 fully saturated rings. The van der Waals surface area contributed by atoms with Crippen molar-refractivity contribution in [2.24, 2.45) is 5.92 Å². The lowest BCUT2D eigenvalue weighted by Gasteiger charge is -2.10. The Morgan fingerprint density at radius 2 is 1.40 bits per heavy atom. The second-order valence-corrected chi connectivity index (χ2v) is 3.88. The van der Waals surface area contributed by atoms with E-state index in [1.165, 1.54) is 12.8 Å². The molecule has 10 heavy (non-hydrogen) atoms. The van der Waals surface area contributed by atoms with Crippen molar-refractivity contribution in [2.75, 3.05) is 0 Å². The molecule has 0 radical (unpaired) electrons. The Labute approximate surface area is 69.0 Å². The van der Waals surface area contributed by atoms with Gasteiger partial charge in [0.2, 0.25) is 0 Å². The molecule has 0 saturated carbocycles. The predicted octanol–water partition coefficient (Wildman–Crippen LogP) is 3.71. The van der Waals surface area contributed by atoms with Crippen molar-refractivity contribution >= 4 is 9.24 Å². The van der Waals surface area contributed by atoms with E-state index in [9.17, 15) is 0 Å². The summed E-state index contributed by atoms with van der Waals surface area (Å²) in [6.45, 7) is 11.0. The van der Waals surface area contributed by atoms with Crippen molar-refractivity contribution < 1.29 is 0 Å². The van der Waals surface area contributed by atoms with Crippen LogP contribution < -0.4 is 0 Å². The molecule has 0 saturated heterocycles. The topological polar surface area (TPSA) is 0 Å². The van der Waals surface area contributed by atoms with Crippen LogP contribution in [0.4, 0.5) is 0 Å². The van der Waals surface area contributed by atoms with E-state index in [-0.39, 0.29) is 0 Å². The standard InChI is InChI=1S/C6H15P.C3H8/c1-4-6(7)5(2)3;1-3-2/h5-6H,4,7H2,1-3H3;3H2,1-2H3. The van der Waals surface area contributed by atoms with Gasteiger partial charge < -0.3 is 0 Å². The molecule has 0 N–H and O–H groups in total. The zero-order valence-corrected chi connectivity index (χ0v) is 9.30. The van der Waals surface area contributed by atoms with Crippen LogP contribution in [0.5, 0.6) is 0 Å². The fraction of sp³-hybridized carbons (Fsp3) is 1.00. The van der Waals surface area contributed by atoms with E-state index in [2.05, 4.69) is 43.9 Å². The molecule has 0 bridgehead atoms. The van der Waals surface area contributed by atoms with Crippen molar-refractivity contribution in [3.63, 3.8) is 0 Å². The highest BCUT2D eigenvalue weighted by Crippen LogP contribution is 2.14. The molecule has 0 rings (SSSR count). The van der Waals surface area contributed by atoms with Gasteiger partial charge >= 0.3 is 0 Å². The van der Waals surface area contributed by atoms with Crippen LogP contribution in [0.25, 0.3) is 0 Å². The first-order valence-corrected chi connectivity index (χ1v) is 5.02. The summed E-state index contributed by atoms with van der Waals surface area (Å²) in [6, 6.07) is 0. The van der Waals surface area contributed by atoms with E-state index >= 15 is 0 Å². The molecule has 0 aromatic heterocycles. The third kappa shape index (κ3) is 11.3. The summed E-state index contributed by atoms with van der Waals surface area (Å²) < 4.78 is 0. The lowest BCUT2D eigenvalue weighted by atomic mass is 10.1. The molecule has 2 atom stereocenters. The van der Waals surface area contributed by atoms with Crippen LogP contribution in [0, 0.1) is 5.92 Å². The number of rotatable bonds is 2. The first kappa shape index (κ1) is 13.1. The number of hydrogen-bond acceptors (Lipinski definition) is 0. The summed E-state index contributed by atoms with van der Waals surface area (Å²) in [5.41, 5.74) is 0.819. The predicted molar refractivity (Wildman–Crippen MR) is 54.6 cm³/mol. The van der Waals surface area contributed by atoms with Crippen LogP contribution in [0.3, 0.4) is 0 Å².